The highest BCUT2D eigenvalue weighted by atomic mass is 16.5. The van der Waals surface area contributed by atoms with Gasteiger partial charge in [-0.1, -0.05) is 0 Å². The zero-order valence-corrected chi connectivity index (χ0v) is 11.0. The first-order valence-corrected chi connectivity index (χ1v) is 6.88. The minimum Gasteiger partial charge on any atom is -0.466 e. The molecule has 0 aromatic carbocycles. The summed E-state index contributed by atoms with van der Waals surface area (Å²) in [6.07, 6.45) is 4.89. The highest BCUT2D eigenvalue weighted by Gasteiger charge is 2.06. The van der Waals surface area contributed by atoms with Crippen LogP contribution >= 0.6 is 0 Å². The van der Waals surface area contributed by atoms with Crippen molar-refractivity contribution in [1.29, 1.82) is 0 Å². The van der Waals surface area contributed by atoms with Gasteiger partial charge in [0.2, 0.25) is 0 Å². The van der Waals surface area contributed by atoms with Crippen LogP contribution in [-0.2, 0) is 14.3 Å². The van der Waals surface area contributed by atoms with Gasteiger partial charge < -0.3 is 15.4 Å². The summed E-state index contributed by atoms with van der Waals surface area (Å²) in [6.45, 7) is 3.01. The largest absolute Gasteiger partial charge is 0.466 e. The second-order valence-electron chi connectivity index (χ2n) is 4.60. The van der Waals surface area contributed by atoms with E-state index in [1.54, 1.807) is 0 Å². The fourth-order valence-electron chi connectivity index (χ4n) is 1.85. The van der Waals surface area contributed by atoms with Crippen LogP contribution < -0.4 is 10.6 Å². The Hall–Kier alpha value is -0.940. The highest BCUT2D eigenvalue weighted by Crippen LogP contribution is 2.04. The van der Waals surface area contributed by atoms with E-state index in [-0.39, 0.29) is 11.8 Å². The van der Waals surface area contributed by atoms with Crippen molar-refractivity contribution in [3.05, 3.63) is 0 Å². The van der Waals surface area contributed by atoms with E-state index in [0.717, 1.165) is 39.0 Å². The minimum absolute atomic E-state index is 0.187. The average Bonchev–Trinajstić information content (AvgIpc) is 2.34. The maximum atomic E-state index is 11.5. The molecule has 0 radical (unpaired) electrons. The molecular formula is C13H24N2O3. The molecule has 1 aliphatic heterocycles. The molecule has 0 aromatic rings. The van der Waals surface area contributed by atoms with Crippen molar-refractivity contribution in [2.75, 3.05) is 26.4 Å². The van der Waals surface area contributed by atoms with Crippen LogP contribution in [0.3, 0.4) is 0 Å². The van der Waals surface area contributed by atoms with Gasteiger partial charge in [0, 0.05) is 25.9 Å². The third-order valence-electron chi connectivity index (χ3n) is 2.91. The van der Waals surface area contributed by atoms with E-state index in [4.69, 9.17) is 4.74 Å². The average molecular weight is 256 g/mol. The molecule has 1 saturated heterocycles. The molecule has 0 aromatic heterocycles. The Balaban J connectivity index is 2.22. The summed E-state index contributed by atoms with van der Waals surface area (Å²) in [7, 11) is 0. The predicted octanol–water partition coefficient (Wildman–Crippen LogP) is 0.980. The number of hydrogen-bond acceptors (Lipinski definition) is 5. The number of rotatable bonds is 0. The van der Waals surface area contributed by atoms with Crippen molar-refractivity contribution in [2.45, 2.75) is 44.9 Å². The molecule has 0 aliphatic carbocycles. The van der Waals surface area contributed by atoms with Gasteiger partial charge in [-0.3, -0.25) is 9.59 Å². The lowest BCUT2D eigenvalue weighted by atomic mass is 10.1. The Labute approximate surface area is 109 Å². The van der Waals surface area contributed by atoms with E-state index in [2.05, 4.69) is 10.6 Å². The number of hydrogen-bond donors (Lipinski definition) is 2. The van der Waals surface area contributed by atoms with Crippen LogP contribution in [0, 0.1) is 0 Å². The topological polar surface area (TPSA) is 67.4 Å². The molecule has 5 heteroatoms. The number of esters is 1. The highest BCUT2D eigenvalue weighted by molar-refractivity contribution is 5.79. The molecule has 104 valence electrons. The van der Waals surface area contributed by atoms with Crippen molar-refractivity contribution in [2.24, 2.45) is 0 Å². The molecular weight excluding hydrogens is 232 g/mol. The summed E-state index contributed by atoms with van der Waals surface area (Å²) in [5.41, 5.74) is 0. The summed E-state index contributed by atoms with van der Waals surface area (Å²) in [6, 6.07) is 0. The van der Waals surface area contributed by atoms with Crippen LogP contribution in [0.15, 0.2) is 0 Å². The van der Waals surface area contributed by atoms with E-state index in [1.165, 1.54) is 0 Å². The molecule has 0 spiro atoms. The van der Waals surface area contributed by atoms with Gasteiger partial charge in [0.1, 0.15) is 5.78 Å². The molecule has 5 nitrogen and oxygen atoms in total. The van der Waals surface area contributed by atoms with Crippen LogP contribution in [-0.4, -0.2) is 38.1 Å². The molecule has 0 amide bonds. The van der Waals surface area contributed by atoms with Crippen molar-refractivity contribution in [3.63, 3.8) is 0 Å². The van der Waals surface area contributed by atoms with Crippen LogP contribution in [0.4, 0.5) is 0 Å². The van der Waals surface area contributed by atoms with Crippen LogP contribution in [0.1, 0.15) is 44.9 Å². The maximum absolute atomic E-state index is 11.5. The number of ketones is 1. The lowest BCUT2D eigenvalue weighted by Crippen LogP contribution is -2.31. The standard InChI is InChI=1S/C13H24N2O3/c16-12-5-1-2-8-14-11-15-9-4-10-18-13(17)7-3-6-12/h14-15H,1-11H2. The number of Topliss-reactive ketones (excluding diaryl/α,β-unsaturated/α-hetero) is 1. The Kier molecular flexibility index (Phi) is 8.42. The number of ether oxygens (including phenoxy) is 1. The maximum Gasteiger partial charge on any atom is 0.305 e. The fraction of sp³-hybridized carbons (Fsp3) is 0.846. The smallest absolute Gasteiger partial charge is 0.305 e. The van der Waals surface area contributed by atoms with E-state index in [1.807, 2.05) is 0 Å². The zero-order chi connectivity index (χ0) is 13.1. The molecule has 1 rings (SSSR count). The molecule has 1 aliphatic rings. The van der Waals surface area contributed by atoms with Crippen LogP contribution in [0.25, 0.3) is 0 Å². The van der Waals surface area contributed by atoms with Crippen molar-refractivity contribution in [1.82, 2.24) is 10.6 Å². The third kappa shape index (κ3) is 8.20. The number of carbonyl (C=O) groups excluding carboxylic acids is 2. The van der Waals surface area contributed by atoms with E-state index < -0.39 is 0 Å². The van der Waals surface area contributed by atoms with Gasteiger partial charge in [0.25, 0.3) is 0 Å². The molecule has 0 atom stereocenters. The summed E-state index contributed by atoms with van der Waals surface area (Å²) in [4.78, 5) is 22.8. The van der Waals surface area contributed by atoms with E-state index >= 15 is 0 Å². The Morgan fingerprint density at radius 2 is 1.56 bits per heavy atom. The third-order valence-corrected chi connectivity index (χ3v) is 2.91. The van der Waals surface area contributed by atoms with Gasteiger partial charge in [-0.15, -0.1) is 0 Å². The van der Waals surface area contributed by atoms with Crippen molar-refractivity contribution < 1.29 is 14.3 Å². The number of cyclic esters (lactones) is 1. The minimum atomic E-state index is -0.187. The molecule has 1 heterocycles. The second-order valence-corrected chi connectivity index (χ2v) is 4.60. The Bertz CT molecular complexity index is 233. The molecule has 1 fully saturated rings. The van der Waals surface area contributed by atoms with Gasteiger partial charge in [-0.2, -0.15) is 0 Å². The van der Waals surface area contributed by atoms with Gasteiger partial charge in [-0.05, 0) is 38.8 Å². The lowest BCUT2D eigenvalue weighted by Gasteiger charge is -2.09. The normalized spacial score (nSPS) is 22.4. The monoisotopic (exact) mass is 256 g/mol. The van der Waals surface area contributed by atoms with Crippen molar-refractivity contribution in [3.8, 4) is 0 Å². The van der Waals surface area contributed by atoms with E-state index in [0.29, 0.717) is 32.3 Å². The quantitative estimate of drug-likeness (QED) is 0.632. The lowest BCUT2D eigenvalue weighted by molar-refractivity contribution is -0.143. The van der Waals surface area contributed by atoms with Crippen LogP contribution in [0.2, 0.25) is 0 Å². The first kappa shape index (κ1) is 15.1. The number of carbonyl (C=O) groups is 2. The van der Waals surface area contributed by atoms with Gasteiger partial charge in [0.15, 0.2) is 0 Å². The SMILES string of the molecule is O=C1CCCCNCNCCCOC(=O)CCC1. The molecule has 0 unspecified atom stereocenters. The fourth-order valence-corrected chi connectivity index (χ4v) is 1.85. The summed E-state index contributed by atoms with van der Waals surface area (Å²) >= 11 is 0. The van der Waals surface area contributed by atoms with Gasteiger partial charge in [-0.25, -0.2) is 0 Å². The van der Waals surface area contributed by atoms with Gasteiger partial charge in [0.05, 0.1) is 6.61 Å². The molecule has 0 bridgehead atoms. The first-order valence-electron chi connectivity index (χ1n) is 6.88. The molecule has 2 N–H and O–H groups in total. The molecule has 0 saturated carbocycles. The zero-order valence-electron chi connectivity index (χ0n) is 11.0. The Morgan fingerprint density at radius 3 is 2.39 bits per heavy atom. The van der Waals surface area contributed by atoms with E-state index in [9.17, 15) is 9.59 Å². The van der Waals surface area contributed by atoms with Crippen molar-refractivity contribution >= 4 is 11.8 Å². The summed E-state index contributed by atoms with van der Waals surface area (Å²) < 4.78 is 5.07. The summed E-state index contributed by atoms with van der Waals surface area (Å²) in [5.74, 6) is 0.0704. The molecule has 18 heavy (non-hydrogen) atoms. The Morgan fingerprint density at radius 1 is 0.833 bits per heavy atom. The van der Waals surface area contributed by atoms with Gasteiger partial charge >= 0.3 is 5.97 Å². The number of nitrogens with one attached hydrogen (secondary N) is 2. The first-order chi connectivity index (χ1) is 8.79. The summed E-state index contributed by atoms with van der Waals surface area (Å²) in [5, 5.41) is 6.48. The van der Waals surface area contributed by atoms with Crippen LogP contribution in [0.5, 0.6) is 0 Å². The predicted molar refractivity (Wildman–Crippen MR) is 69.2 cm³/mol. The second kappa shape index (κ2) is 10.0.